The van der Waals surface area contributed by atoms with E-state index in [-0.39, 0.29) is 69.7 Å². The highest BCUT2D eigenvalue weighted by Gasteiger charge is 2.45. The molecule has 560 valence electrons. The predicted octanol–water partition coefficient (Wildman–Crippen LogP) is -1.42. The largest absolute Gasteiger partial charge is 0.391 e. The highest BCUT2D eigenvalue weighted by Crippen LogP contribution is 2.25. The van der Waals surface area contributed by atoms with Crippen molar-refractivity contribution in [3.8, 4) is 0 Å². The number of aliphatic hydroxyl groups excluding tert-OH is 2. The van der Waals surface area contributed by atoms with Crippen molar-refractivity contribution >= 4 is 106 Å². The molecule has 0 radical (unpaired) electrons. The summed E-state index contributed by atoms with van der Waals surface area (Å²) in [4.78, 5) is 206. The number of fused-ring (bicyclic) bond motifs is 3. The van der Waals surface area contributed by atoms with E-state index in [1.165, 1.54) is 63.4 Å². The number of aliphatic hydroxyl groups is 2. The fourth-order valence-electron chi connectivity index (χ4n) is 12.9. The first-order valence-corrected chi connectivity index (χ1v) is 36.2. The molecule has 0 aromatic heterocycles. The first-order chi connectivity index (χ1) is 48.8. The van der Waals surface area contributed by atoms with E-state index in [1.807, 2.05) is 0 Å². The van der Waals surface area contributed by atoms with E-state index in [2.05, 4.69) is 42.5 Å². The van der Waals surface area contributed by atoms with Crippen LogP contribution in [0.15, 0.2) is 84.9 Å². The maximum absolute atomic E-state index is 14.8. The van der Waals surface area contributed by atoms with Gasteiger partial charge in [-0.1, -0.05) is 98.2 Å². The monoisotopic (exact) mass is 1470 g/mol. The molecule has 0 saturated carbocycles. The van der Waals surface area contributed by atoms with Crippen LogP contribution in [0, 0.1) is 5.92 Å². The van der Waals surface area contributed by atoms with Gasteiger partial charge in [0.05, 0.1) is 18.0 Å². The summed E-state index contributed by atoms with van der Waals surface area (Å²) in [5.74, 6) is -12.5. The van der Waals surface area contributed by atoms with E-state index in [0.29, 0.717) is 41.0 Å². The molecule has 4 fully saturated rings. The summed E-state index contributed by atoms with van der Waals surface area (Å²) in [6.07, 6.45) is -2.21. The lowest BCUT2D eigenvalue weighted by Gasteiger charge is -2.34. The number of nitrogens with one attached hydrogen (secondary N) is 8. The molecule has 0 unspecified atom stereocenters. The van der Waals surface area contributed by atoms with Gasteiger partial charge in [-0.3, -0.25) is 67.1 Å². The van der Waals surface area contributed by atoms with Gasteiger partial charge in [-0.25, -0.2) is 0 Å². The smallest absolute Gasteiger partial charge is 0.246 e. The number of carbonyl (C=O) groups excluding carboxylic acids is 14. The van der Waals surface area contributed by atoms with Crippen LogP contribution in [0.4, 0.5) is 0 Å². The minimum atomic E-state index is -1.85. The van der Waals surface area contributed by atoms with Crippen molar-refractivity contribution in [3.63, 3.8) is 0 Å². The maximum Gasteiger partial charge on any atom is 0.246 e. The van der Waals surface area contributed by atoms with Crippen molar-refractivity contribution < 1.29 is 77.3 Å². The Morgan fingerprint density at radius 3 is 1.37 bits per heavy atom. The molecule has 32 heteroatoms. The van der Waals surface area contributed by atoms with Crippen LogP contribution in [0.2, 0.25) is 5.02 Å². The summed E-state index contributed by atoms with van der Waals surface area (Å²) in [7, 11) is 2.64. The molecule has 30 nitrogen and oxygen atoms in total. The van der Waals surface area contributed by atoms with Crippen molar-refractivity contribution in [1.82, 2.24) is 67.0 Å². The Balaban J connectivity index is 1.19. The molecule has 0 aliphatic carbocycles. The third-order valence-electron chi connectivity index (χ3n) is 19.2. The van der Waals surface area contributed by atoms with Crippen LogP contribution in [0.5, 0.6) is 0 Å². The first-order valence-electron chi connectivity index (χ1n) is 34.7. The second-order valence-corrected chi connectivity index (χ2v) is 28.6. The van der Waals surface area contributed by atoms with E-state index >= 15 is 0 Å². The zero-order valence-corrected chi connectivity index (χ0v) is 61.0. The zero-order chi connectivity index (χ0) is 75.7. The van der Waals surface area contributed by atoms with Gasteiger partial charge in [0.15, 0.2) is 0 Å². The standard InChI is InChI=1S/C71H97ClN14O16S/c1-38(2)56-71(102)86-32-18-25-54(86)64(95)80-58(43(7)88)66(97)81-57(42(6)87)65(96)77-50(34-45-21-14-11-15-22-45)69(100)82(8)40(4)60(91)76-49(35-46-26-28-47(72)29-27-46)70(101)83(9)41(5)68(99)85-31-17-23-52(85)62(93)74-39(3)67(98)84-30-16-24-53(84)63(94)78-51(59(73)90)36-103-37-55(89)75-48(61(92)79-56)33-44-19-12-10-13-20-44/h10-15,19-22,26-29,38-43,48-54,56-58,87-88H,16-18,23-25,30-37H2,1-9H3,(H2,73,90)(H,74,93)(H,75,89)(H,76,91)(H,77,96)(H,78,94)(H,79,92)(H,80,95)(H,81,97)/t39-,40-,41-,42+,43+,48-,49-,50-,51-,52-,53-,54-,56-,57-,58-/m0/s1. The lowest BCUT2D eigenvalue weighted by molar-refractivity contribution is -0.149. The Hall–Kier alpha value is -9.20. The second-order valence-electron chi connectivity index (χ2n) is 27.2. The summed E-state index contributed by atoms with van der Waals surface area (Å²) in [6, 6.07) is 5.76. The number of primary amides is 1. The number of rotatable bonds is 10. The van der Waals surface area contributed by atoms with Gasteiger partial charge in [-0.05, 0) is 108 Å². The Morgan fingerprint density at radius 2 is 0.883 bits per heavy atom. The molecule has 0 spiro atoms. The van der Waals surface area contributed by atoms with Crippen molar-refractivity contribution in [2.24, 2.45) is 11.7 Å². The van der Waals surface area contributed by atoms with Crippen LogP contribution in [0.3, 0.4) is 0 Å². The quantitative estimate of drug-likeness (QED) is 0.111. The number of likely N-dealkylation sites (N-methyl/N-ethyl adjacent to an activating group) is 2. The zero-order valence-electron chi connectivity index (χ0n) is 59.4. The van der Waals surface area contributed by atoms with Gasteiger partial charge in [0.1, 0.15) is 78.5 Å². The molecule has 3 aromatic rings. The third kappa shape index (κ3) is 21.5. The van der Waals surface area contributed by atoms with Gasteiger partial charge in [0.2, 0.25) is 82.7 Å². The SMILES string of the molecule is CC(C)[C@@H]1NC(=O)[C@H](Cc2ccccc2)NC(=O)CSC[C@@H](C(N)=O)NC(=O)[C@@H]2CCCN2C(=O)[C@H](C)NC(=O)[C@@H]2CCCN2C(=O)[C@H](C)N(C)C(=O)[C@H](Cc2ccc(Cl)cc2)NC(=O)[C@H](C)N(C)C(=O)[C@H](Cc2ccccc2)NC(=O)[C@H]([C@@H](C)O)NC(=O)[C@H]([C@@H](C)O)NC(=O)[C@@H]2CCCN2C1=O. The number of halogens is 1. The summed E-state index contributed by atoms with van der Waals surface area (Å²) < 4.78 is 0. The molecule has 4 heterocycles. The van der Waals surface area contributed by atoms with E-state index in [1.54, 1.807) is 98.8 Å². The lowest BCUT2D eigenvalue weighted by atomic mass is 10.00. The van der Waals surface area contributed by atoms with Gasteiger partial charge in [-0.15, -0.1) is 11.8 Å². The first kappa shape index (κ1) is 81.1. The number of hydrogen-bond donors (Lipinski definition) is 11. The van der Waals surface area contributed by atoms with Gasteiger partial charge in [0, 0.05) is 63.8 Å². The molecule has 12 N–H and O–H groups in total. The minimum absolute atomic E-state index is 0.0292. The lowest BCUT2D eigenvalue weighted by Crippen LogP contribution is -2.63. The number of nitrogens with zero attached hydrogens (tertiary/aromatic N) is 5. The Morgan fingerprint density at radius 1 is 0.476 bits per heavy atom. The highest BCUT2D eigenvalue weighted by atomic mass is 35.5. The van der Waals surface area contributed by atoms with Gasteiger partial charge in [-0.2, -0.15) is 0 Å². The number of benzene rings is 3. The fourth-order valence-corrected chi connectivity index (χ4v) is 13.9. The van der Waals surface area contributed by atoms with Gasteiger partial charge in [0.25, 0.3) is 0 Å². The number of carbonyl (C=O) groups is 14. The van der Waals surface area contributed by atoms with Crippen molar-refractivity contribution in [2.75, 3.05) is 45.2 Å². The minimum Gasteiger partial charge on any atom is -0.391 e. The van der Waals surface area contributed by atoms with E-state index in [0.717, 1.165) is 21.6 Å². The molecule has 4 saturated heterocycles. The predicted molar refractivity (Wildman–Crippen MR) is 380 cm³/mol. The van der Waals surface area contributed by atoms with Crippen LogP contribution < -0.4 is 48.3 Å². The fraction of sp³-hybridized carbons (Fsp3) is 0.549. The average molecular weight is 1470 g/mol. The molecular weight excluding hydrogens is 1370 g/mol. The second kappa shape index (κ2) is 37.3. The van der Waals surface area contributed by atoms with Crippen LogP contribution in [0.25, 0.3) is 0 Å². The Bertz CT molecular complexity index is 3580. The normalized spacial score (nSPS) is 28.2. The average Bonchev–Trinajstić information content (AvgIpc) is 1.78. The molecule has 3 aromatic carbocycles. The van der Waals surface area contributed by atoms with Crippen molar-refractivity contribution in [3.05, 3.63) is 107 Å². The molecule has 7 rings (SSSR count). The maximum atomic E-state index is 14.8. The summed E-state index contributed by atoms with van der Waals surface area (Å²) in [5.41, 5.74) is 7.49. The summed E-state index contributed by atoms with van der Waals surface area (Å²) >= 11 is 7.14. The molecule has 14 amide bonds. The van der Waals surface area contributed by atoms with Crippen molar-refractivity contribution in [1.29, 1.82) is 0 Å². The topological polar surface area (TPSA) is 418 Å². The van der Waals surface area contributed by atoms with E-state index in [9.17, 15) is 77.3 Å². The highest BCUT2D eigenvalue weighted by molar-refractivity contribution is 8.00. The molecule has 0 bridgehead atoms. The summed E-state index contributed by atoms with van der Waals surface area (Å²) in [5, 5.41) is 43.7. The van der Waals surface area contributed by atoms with Gasteiger partial charge < -0.3 is 83.0 Å². The Labute approximate surface area is 608 Å². The number of hydrogen-bond acceptors (Lipinski definition) is 17. The van der Waals surface area contributed by atoms with Crippen LogP contribution >= 0.6 is 23.4 Å². The molecule has 4 aliphatic heterocycles. The molecular formula is C71H97ClN14O16S. The summed E-state index contributed by atoms with van der Waals surface area (Å²) in [6.45, 7) is 10.2. The van der Waals surface area contributed by atoms with Crippen molar-refractivity contribution in [2.45, 2.75) is 197 Å². The number of nitrogens with two attached hydrogens (primary N) is 1. The third-order valence-corrected chi connectivity index (χ3v) is 20.5. The number of thioether (sulfide) groups is 1. The van der Waals surface area contributed by atoms with Crippen LogP contribution in [-0.2, 0) is 86.4 Å². The van der Waals surface area contributed by atoms with Crippen LogP contribution in [0.1, 0.15) is 104 Å². The Kier molecular flexibility index (Phi) is 29.4. The number of amides is 14. The van der Waals surface area contributed by atoms with Gasteiger partial charge >= 0.3 is 0 Å². The van der Waals surface area contributed by atoms with Crippen LogP contribution in [-0.4, -0.2) is 253 Å². The van der Waals surface area contributed by atoms with E-state index < -0.39 is 179 Å². The van der Waals surface area contributed by atoms with E-state index in [4.69, 9.17) is 17.3 Å². The molecule has 15 atom stereocenters. The molecule has 4 aliphatic rings. The molecule has 103 heavy (non-hydrogen) atoms.